The molecule has 6 nitrogen and oxygen atoms in total. The Balaban J connectivity index is 1.38. The number of imidazole rings is 1. The maximum atomic E-state index is 6.30. The highest BCUT2D eigenvalue weighted by molar-refractivity contribution is 7.22. The second-order valence-corrected chi connectivity index (χ2v) is 9.05. The summed E-state index contributed by atoms with van der Waals surface area (Å²) >= 11 is 1.67. The lowest BCUT2D eigenvalue weighted by Gasteiger charge is -2.14. The van der Waals surface area contributed by atoms with Crippen LogP contribution < -0.4 is 10.5 Å². The van der Waals surface area contributed by atoms with Gasteiger partial charge in [-0.2, -0.15) is 0 Å². The zero-order valence-corrected chi connectivity index (χ0v) is 18.6. The number of nitrogen functional groups attached to an aromatic ring is 1. The van der Waals surface area contributed by atoms with E-state index in [0.29, 0.717) is 0 Å². The van der Waals surface area contributed by atoms with Gasteiger partial charge in [0.1, 0.15) is 11.5 Å². The molecule has 4 heterocycles. The van der Waals surface area contributed by atoms with Crippen molar-refractivity contribution in [1.82, 2.24) is 19.4 Å². The van der Waals surface area contributed by atoms with E-state index in [1.165, 1.54) is 25.9 Å². The average Bonchev–Trinajstić information content (AvgIpc) is 3.53. The summed E-state index contributed by atoms with van der Waals surface area (Å²) in [6.07, 6.45) is 9.37. The molecule has 0 unspecified atom stereocenters. The number of anilines is 1. The number of hydrogen-bond donors (Lipinski definition) is 1. The number of hydrogen-bond acceptors (Lipinski definition) is 6. The van der Waals surface area contributed by atoms with Gasteiger partial charge in [-0.25, -0.2) is 4.98 Å². The number of pyridine rings is 1. The number of rotatable bonds is 7. The summed E-state index contributed by atoms with van der Waals surface area (Å²) in [5, 5.41) is 0. The number of aromatic nitrogens is 3. The molecule has 31 heavy (non-hydrogen) atoms. The first-order chi connectivity index (χ1) is 15.2. The molecule has 1 fully saturated rings. The third-order valence-corrected chi connectivity index (χ3v) is 6.98. The molecule has 1 saturated heterocycles. The number of nitrogens with zero attached hydrogens (tertiary/aromatic N) is 4. The maximum absolute atomic E-state index is 6.30. The summed E-state index contributed by atoms with van der Waals surface area (Å²) in [7, 11) is 0. The second kappa shape index (κ2) is 8.69. The van der Waals surface area contributed by atoms with Gasteiger partial charge in [0.25, 0.3) is 0 Å². The Hall–Kier alpha value is -2.90. The van der Waals surface area contributed by atoms with Crippen molar-refractivity contribution >= 4 is 27.2 Å². The Morgan fingerprint density at radius 3 is 2.77 bits per heavy atom. The Morgan fingerprint density at radius 1 is 1.06 bits per heavy atom. The van der Waals surface area contributed by atoms with Crippen molar-refractivity contribution in [1.29, 1.82) is 0 Å². The van der Waals surface area contributed by atoms with Crippen LogP contribution in [0.4, 0.5) is 5.69 Å². The first kappa shape index (κ1) is 20.0. The van der Waals surface area contributed by atoms with E-state index in [1.54, 1.807) is 17.5 Å². The van der Waals surface area contributed by atoms with Crippen LogP contribution in [0, 0.1) is 0 Å². The van der Waals surface area contributed by atoms with Crippen molar-refractivity contribution in [3.05, 3.63) is 54.6 Å². The van der Waals surface area contributed by atoms with Crippen molar-refractivity contribution in [2.75, 3.05) is 25.4 Å². The summed E-state index contributed by atoms with van der Waals surface area (Å²) in [5.74, 6) is 1.65. The zero-order chi connectivity index (χ0) is 21.2. The molecule has 7 heteroatoms. The first-order valence-electron chi connectivity index (χ1n) is 10.9. The van der Waals surface area contributed by atoms with E-state index in [1.807, 2.05) is 30.6 Å². The van der Waals surface area contributed by atoms with Crippen LogP contribution in [0.3, 0.4) is 0 Å². The van der Waals surface area contributed by atoms with Gasteiger partial charge in [0.2, 0.25) is 0 Å². The van der Waals surface area contributed by atoms with Gasteiger partial charge in [0, 0.05) is 37.2 Å². The van der Waals surface area contributed by atoms with E-state index in [-0.39, 0.29) is 0 Å². The minimum atomic E-state index is 0.753. The Labute approximate surface area is 186 Å². The smallest absolute Gasteiger partial charge is 0.148 e. The fraction of sp³-hybridized carbons (Fsp3) is 0.333. The summed E-state index contributed by atoms with van der Waals surface area (Å²) in [6, 6.07) is 9.82. The van der Waals surface area contributed by atoms with Crippen LogP contribution >= 0.6 is 11.3 Å². The zero-order valence-electron chi connectivity index (χ0n) is 17.8. The number of aryl methyl sites for hydroxylation is 1. The molecule has 1 aliphatic heterocycles. The van der Waals surface area contributed by atoms with Crippen LogP contribution in [0.15, 0.2) is 49.1 Å². The predicted molar refractivity (Wildman–Crippen MR) is 127 cm³/mol. The third-order valence-electron chi connectivity index (χ3n) is 5.82. The second-order valence-electron chi connectivity index (χ2n) is 8.00. The van der Waals surface area contributed by atoms with E-state index in [0.717, 1.165) is 63.0 Å². The van der Waals surface area contributed by atoms with Crippen molar-refractivity contribution < 1.29 is 4.74 Å². The summed E-state index contributed by atoms with van der Waals surface area (Å²) < 4.78 is 9.52. The predicted octanol–water partition coefficient (Wildman–Crippen LogP) is 5.19. The number of benzene rings is 1. The normalized spacial score (nSPS) is 14.5. The molecule has 5 rings (SSSR count). The Morgan fingerprint density at radius 2 is 1.94 bits per heavy atom. The van der Waals surface area contributed by atoms with E-state index in [4.69, 9.17) is 10.5 Å². The summed E-state index contributed by atoms with van der Waals surface area (Å²) in [5.41, 5.74) is 9.70. The number of thiophene rings is 1. The molecule has 0 spiro atoms. The van der Waals surface area contributed by atoms with Gasteiger partial charge in [-0.15, -0.1) is 11.3 Å². The van der Waals surface area contributed by atoms with Gasteiger partial charge in [-0.05, 0) is 62.2 Å². The Bertz CT molecular complexity index is 1190. The Kier molecular flexibility index (Phi) is 5.61. The summed E-state index contributed by atoms with van der Waals surface area (Å²) in [6.45, 7) is 6.61. The van der Waals surface area contributed by atoms with E-state index < -0.39 is 0 Å². The molecule has 3 aromatic heterocycles. The first-order valence-corrected chi connectivity index (χ1v) is 11.7. The fourth-order valence-corrected chi connectivity index (χ4v) is 5.11. The number of nitrogens with two attached hydrogens (primary N) is 1. The number of fused-ring (bicyclic) bond motifs is 1. The molecule has 0 atom stereocenters. The molecule has 0 radical (unpaired) electrons. The molecule has 160 valence electrons. The molecule has 4 aromatic rings. The van der Waals surface area contributed by atoms with E-state index in [2.05, 4.69) is 38.6 Å². The van der Waals surface area contributed by atoms with Crippen LogP contribution in [0.2, 0.25) is 0 Å². The molecular formula is C24H27N5OS. The lowest BCUT2D eigenvalue weighted by Crippen LogP contribution is -2.23. The maximum Gasteiger partial charge on any atom is 0.148 e. The molecular weight excluding hydrogens is 406 g/mol. The summed E-state index contributed by atoms with van der Waals surface area (Å²) in [4.78, 5) is 12.8. The quantitative estimate of drug-likeness (QED) is 0.406. The van der Waals surface area contributed by atoms with Crippen LogP contribution in [0.25, 0.3) is 20.8 Å². The molecule has 0 amide bonds. The number of ether oxygens (including phenoxy) is 1. The van der Waals surface area contributed by atoms with Gasteiger partial charge in [-0.1, -0.05) is 6.92 Å². The molecule has 2 N–H and O–H groups in total. The third kappa shape index (κ3) is 4.29. The largest absolute Gasteiger partial charge is 0.455 e. The fourth-order valence-electron chi connectivity index (χ4n) is 4.09. The molecule has 1 aromatic carbocycles. The van der Waals surface area contributed by atoms with Crippen molar-refractivity contribution in [3.8, 4) is 22.1 Å². The van der Waals surface area contributed by atoms with E-state index in [9.17, 15) is 0 Å². The minimum Gasteiger partial charge on any atom is -0.455 e. The van der Waals surface area contributed by atoms with Crippen molar-refractivity contribution in [2.45, 2.75) is 32.7 Å². The topological polar surface area (TPSA) is 69.2 Å². The van der Waals surface area contributed by atoms with Crippen molar-refractivity contribution in [2.24, 2.45) is 0 Å². The highest BCUT2D eigenvalue weighted by Crippen LogP contribution is 2.39. The van der Waals surface area contributed by atoms with Gasteiger partial charge in [0.05, 0.1) is 27.1 Å². The van der Waals surface area contributed by atoms with Crippen LogP contribution in [0.5, 0.6) is 11.5 Å². The van der Waals surface area contributed by atoms with Crippen molar-refractivity contribution in [3.63, 3.8) is 0 Å². The highest BCUT2D eigenvalue weighted by atomic mass is 32.1. The molecule has 0 saturated carbocycles. The minimum absolute atomic E-state index is 0.753. The van der Waals surface area contributed by atoms with Gasteiger partial charge >= 0.3 is 0 Å². The van der Waals surface area contributed by atoms with Crippen LogP contribution in [-0.2, 0) is 13.0 Å². The average molecular weight is 434 g/mol. The standard InChI is InChI=1S/C24H27N5OS/c1-2-17-13-18(25)5-6-21(17)30-22-7-8-26-19-14-23(31-24(19)22)20-15-29(16-27-20)12-11-28-9-3-4-10-28/h5-8,13-16H,2-4,9-12,25H2,1H3. The van der Waals surface area contributed by atoms with Crippen LogP contribution in [-0.4, -0.2) is 39.1 Å². The molecule has 1 aliphatic rings. The molecule has 0 aliphatic carbocycles. The lowest BCUT2D eigenvalue weighted by atomic mass is 10.1. The van der Waals surface area contributed by atoms with Gasteiger partial charge in [0.15, 0.2) is 0 Å². The van der Waals surface area contributed by atoms with Crippen LogP contribution in [0.1, 0.15) is 25.3 Å². The van der Waals surface area contributed by atoms with Gasteiger partial charge < -0.3 is 19.9 Å². The van der Waals surface area contributed by atoms with E-state index >= 15 is 0 Å². The molecule has 0 bridgehead atoms. The monoisotopic (exact) mass is 433 g/mol. The highest BCUT2D eigenvalue weighted by Gasteiger charge is 2.15. The van der Waals surface area contributed by atoms with Gasteiger partial charge in [-0.3, -0.25) is 4.98 Å². The SMILES string of the molecule is CCc1cc(N)ccc1Oc1ccnc2cc(-c3cn(CCN4CCCC4)cn3)sc12. The lowest BCUT2D eigenvalue weighted by molar-refractivity contribution is 0.322. The number of likely N-dealkylation sites (tertiary alicyclic amines) is 1.